The molecule has 1 atom stereocenters. The van der Waals surface area contributed by atoms with Gasteiger partial charge in [0, 0.05) is 6.04 Å². The van der Waals surface area contributed by atoms with Crippen LogP contribution in [-0.4, -0.2) is 12.6 Å². The Morgan fingerprint density at radius 1 is 1.21 bits per heavy atom. The summed E-state index contributed by atoms with van der Waals surface area (Å²) in [5, 5.41) is 12.3. The van der Waals surface area contributed by atoms with E-state index in [1.54, 1.807) is 0 Å². The molecule has 0 aliphatic carbocycles. The van der Waals surface area contributed by atoms with Crippen LogP contribution in [0.1, 0.15) is 48.0 Å². The van der Waals surface area contributed by atoms with Gasteiger partial charge in [0.25, 0.3) is 0 Å². The Morgan fingerprint density at radius 2 is 1.71 bits per heavy atom. The van der Waals surface area contributed by atoms with Crippen molar-refractivity contribution >= 4 is 0 Å². The molecule has 0 fully saturated rings. The van der Waals surface area contributed by atoms with Gasteiger partial charge < -0.3 is 5.32 Å². The number of nitriles is 1. The quantitative estimate of drug-likeness (QED) is 0.750. The van der Waals surface area contributed by atoms with Gasteiger partial charge in [-0.15, -0.1) is 0 Å². The van der Waals surface area contributed by atoms with E-state index in [2.05, 4.69) is 39.1 Å². The molecule has 0 heterocycles. The number of rotatable bonds is 4. The lowest BCUT2D eigenvalue weighted by atomic mass is 9.87. The Balaban J connectivity index is 3.83. The van der Waals surface area contributed by atoms with Gasteiger partial charge in [0.1, 0.15) is 0 Å². The van der Waals surface area contributed by atoms with Crippen LogP contribution in [0.25, 0.3) is 0 Å². The Bertz CT molecular complexity index is 205. The van der Waals surface area contributed by atoms with Crippen molar-refractivity contribution in [1.29, 1.82) is 5.26 Å². The summed E-state index contributed by atoms with van der Waals surface area (Å²) in [5.41, 5.74) is 0.0847. The predicted molar refractivity (Wildman–Crippen MR) is 60.9 cm³/mol. The molecule has 0 aliphatic heterocycles. The summed E-state index contributed by atoms with van der Waals surface area (Å²) in [6.45, 7) is 13.7. The van der Waals surface area contributed by atoms with Gasteiger partial charge in [0.2, 0.25) is 0 Å². The highest BCUT2D eigenvalue weighted by Crippen LogP contribution is 2.20. The first-order chi connectivity index (χ1) is 6.19. The minimum absolute atomic E-state index is 0.204. The molecule has 82 valence electrons. The smallest absolute Gasteiger partial charge is 0.0684 e. The molecule has 0 aromatic heterocycles. The highest BCUT2D eigenvalue weighted by molar-refractivity contribution is 4.92. The van der Waals surface area contributed by atoms with E-state index in [-0.39, 0.29) is 10.8 Å². The first kappa shape index (κ1) is 13.4. The minimum atomic E-state index is -0.204. The van der Waals surface area contributed by atoms with E-state index >= 15 is 0 Å². The summed E-state index contributed by atoms with van der Waals surface area (Å²) >= 11 is 0. The highest BCUT2D eigenvalue weighted by atomic mass is 14.9. The van der Waals surface area contributed by atoms with Crippen molar-refractivity contribution < 1.29 is 0 Å². The summed E-state index contributed by atoms with van der Waals surface area (Å²) in [4.78, 5) is 0. The average Bonchev–Trinajstić information content (AvgIpc) is 2.02. The van der Waals surface area contributed by atoms with Gasteiger partial charge >= 0.3 is 0 Å². The third-order valence-corrected chi connectivity index (χ3v) is 2.80. The minimum Gasteiger partial charge on any atom is -0.314 e. The van der Waals surface area contributed by atoms with Crippen LogP contribution in [0.4, 0.5) is 0 Å². The zero-order valence-electron chi connectivity index (χ0n) is 10.4. The van der Waals surface area contributed by atoms with Crippen LogP contribution in [0.15, 0.2) is 0 Å². The van der Waals surface area contributed by atoms with E-state index in [0.717, 1.165) is 13.0 Å². The first-order valence-electron chi connectivity index (χ1n) is 5.34. The number of hydrogen-bond donors (Lipinski definition) is 1. The van der Waals surface area contributed by atoms with E-state index in [0.29, 0.717) is 6.04 Å². The third-order valence-electron chi connectivity index (χ3n) is 2.80. The van der Waals surface area contributed by atoms with Gasteiger partial charge in [-0.05, 0) is 39.2 Å². The van der Waals surface area contributed by atoms with Crippen LogP contribution in [0, 0.1) is 22.2 Å². The van der Waals surface area contributed by atoms with Crippen LogP contribution in [0.5, 0.6) is 0 Å². The standard InChI is InChI=1S/C12H24N2/c1-10(11(2,3)4)14-8-7-12(5,6)9-13/h10,14H,7-8H2,1-6H3. The largest absolute Gasteiger partial charge is 0.314 e. The second kappa shape index (κ2) is 4.79. The molecule has 1 N–H and O–H groups in total. The van der Waals surface area contributed by atoms with Gasteiger partial charge in [0.15, 0.2) is 0 Å². The van der Waals surface area contributed by atoms with Crippen LogP contribution >= 0.6 is 0 Å². The molecule has 2 heteroatoms. The zero-order chi connectivity index (χ0) is 11.4. The third kappa shape index (κ3) is 5.24. The Morgan fingerprint density at radius 3 is 2.07 bits per heavy atom. The van der Waals surface area contributed by atoms with Gasteiger partial charge in [-0.25, -0.2) is 0 Å². The number of nitrogens with one attached hydrogen (secondary N) is 1. The molecule has 0 aromatic rings. The topological polar surface area (TPSA) is 35.8 Å². The number of hydrogen-bond acceptors (Lipinski definition) is 2. The SMILES string of the molecule is CC(NCCC(C)(C)C#N)C(C)(C)C. The monoisotopic (exact) mass is 196 g/mol. The second-order valence-corrected chi connectivity index (χ2v) is 5.79. The van der Waals surface area contributed by atoms with E-state index in [4.69, 9.17) is 5.26 Å². The molecule has 0 bridgehead atoms. The Hall–Kier alpha value is -0.550. The van der Waals surface area contributed by atoms with Gasteiger partial charge in [-0.1, -0.05) is 20.8 Å². The van der Waals surface area contributed by atoms with E-state index in [9.17, 15) is 0 Å². The van der Waals surface area contributed by atoms with Crippen molar-refractivity contribution in [1.82, 2.24) is 5.32 Å². The fraction of sp³-hybridized carbons (Fsp3) is 0.917. The first-order valence-corrected chi connectivity index (χ1v) is 5.34. The zero-order valence-corrected chi connectivity index (χ0v) is 10.4. The summed E-state index contributed by atoms with van der Waals surface area (Å²) in [5.74, 6) is 0. The summed E-state index contributed by atoms with van der Waals surface area (Å²) in [7, 11) is 0. The lowest BCUT2D eigenvalue weighted by molar-refractivity contribution is 0.276. The maximum absolute atomic E-state index is 8.84. The fourth-order valence-corrected chi connectivity index (χ4v) is 0.963. The maximum atomic E-state index is 8.84. The molecular weight excluding hydrogens is 172 g/mol. The van der Waals surface area contributed by atoms with Crippen LogP contribution < -0.4 is 5.32 Å². The van der Waals surface area contributed by atoms with Crippen molar-refractivity contribution in [2.75, 3.05) is 6.54 Å². The molecule has 0 saturated carbocycles. The average molecular weight is 196 g/mol. The molecular formula is C12H24N2. The molecule has 0 spiro atoms. The molecule has 0 aliphatic rings. The van der Waals surface area contributed by atoms with Gasteiger partial charge in [-0.2, -0.15) is 5.26 Å². The Labute approximate surface area is 88.7 Å². The molecule has 0 amide bonds. The molecule has 0 saturated heterocycles. The fourth-order valence-electron chi connectivity index (χ4n) is 0.963. The normalized spacial score (nSPS) is 14.9. The molecule has 14 heavy (non-hydrogen) atoms. The molecule has 0 radical (unpaired) electrons. The van der Waals surface area contributed by atoms with Crippen LogP contribution in [0.3, 0.4) is 0 Å². The van der Waals surface area contributed by atoms with Gasteiger partial charge in [0.05, 0.1) is 11.5 Å². The van der Waals surface area contributed by atoms with Crippen molar-refractivity contribution in [2.45, 2.75) is 54.0 Å². The lowest BCUT2D eigenvalue weighted by Crippen LogP contribution is -2.39. The van der Waals surface area contributed by atoms with Crippen LogP contribution in [0.2, 0.25) is 0 Å². The van der Waals surface area contributed by atoms with E-state index < -0.39 is 0 Å². The lowest BCUT2D eigenvalue weighted by Gasteiger charge is -2.29. The van der Waals surface area contributed by atoms with E-state index in [1.165, 1.54) is 0 Å². The summed E-state index contributed by atoms with van der Waals surface area (Å²) < 4.78 is 0. The number of nitrogens with zero attached hydrogens (tertiary/aromatic N) is 1. The predicted octanol–water partition coefficient (Wildman–Crippen LogP) is 2.95. The highest BCUT2D eigenvalue weighted by Gasteiger charge is 2.21. The summed E-state index contributed by atoms with van der Waals surface area (Å²) in [6.07, 6.45) is 0.907. The molecule has 1 unspecified atom stereocenters. The maximum Gasteiger partial charge on any atom is 0.0684 e. The van der Waals surface area contributed by atoms with Crippen molar-refractivity contribution in [2.24, 2.45) is 10.8 Å². The molecule has 2 nitrogen and oxygen atoms in total. The second-order valence-electron chi connectivity index (χ2n) is 5.79. The summed E-state index contributed by atoms with van der Waals surface area (Å²) in [6, 6.07) is 2.80. The Kier molecular flexibility index (Phi) is 4.61. The molecule has 0 rings (SSSR count). The van der Waals surface area contributed by atoms with Crippen molar-refractivity contribution in [3.8, 4) is 6.07 Å². The van der Waals surface area contributed by atoms with E-state index in [1.807, 2.05) is 13.8 Å². The molecule has 0 aromatic carbocycles. The van der Waals surface area contributed by atoms with Crippen molar-refractivity contribution in [3.63, 3.8) is 0 Å². The van der Waals surface area contributed by atoms with Crippen LogP contribution in [-0.2, 0) is 0 Å². The van der Waals surface area contributed by atoms with Gasteiger partial charge in [-0.3, -0.25) is 0 Å². The van der Waals surface area contributed by atoms with Crippen molar-refractivity contribution in [3.05, 3.63) is 0 Å².